The molecule has 0 fully saturated rings. The summed E-state index contributed by atoms with van der Waals surface area (Å²) in [5.41, 5.74) is 0.993. The van der Waals surface area contributed by atoms with Crippen LogP contribution in [-0.4, -0.2) is 20.9 Å². The average Bonchev–Trinajstić information content (AvgIpc) is 2.82. The van der Waals surface area contributed by atoms with Crippen molar-refractivity contribution in [1.82, 2.24) is 9.78 Å². The third kappa shape index (κ3) is 2.89. The lowest BCUT2D eigenvalue weighted by Gasteiger charge is -1.99. The summed E-state index contributed by atoms with van der Waals surface area (Å²) in [4.78, 5) is 12.2. The lowest BCUT2D eigenvalue weighted by atomic mass is 10.4. The molecule has 0 aliphatic carbocycles. The van der Waals surface area contributed by atoms with Gasteiger partial charge in [0.15, 0.2) is 0 Å². The summed E-state index contributed by atoms with van der Waals surface area (Å²) in [6.45, 7) is 1.96. The summed E-state index contributed by atoms with van der Waals surface area (Å²) in [6, 6.07) is 5.54. The van der Waals surface area contributed by atoms with Crippen LogP contribution in [0.3, 0.4) is 0 Å². The van der Waals surface area contributed by atoms with E-state index in [0.717, 1.165) is 21.3 Å². The second-order valence-corrected chi connectivity index (χ2v) is 5.77. The molecule has 0 atom stereocenters. The molecule has 0 aliphatic rings. The van der Waals surface area contributed by atoms with Crippen molar-refractivity contribution in [2.24, 2.45) is 7.05 Å². The third-order valence-corrected chi connectivity index (χ3v) is 4.58. The lowest BCUT2D eigenvalue weighted by Crippen LogP contribution is -1.92. The Kier molecular flexibility index (Phi) is 3.54. The molecule has 0 aromatic carbocycles. The second-order valence-electron chi connectivity index (χ2n) is 3.61. The molecular formula is C11H12N2O2S2. The number of aryl methyl sites for hydroxylation is 2. The normalized spacial score (nSPS) is 10.7. The van der Waals surface area contributed by atoms with Crippen LogP contribution in [0.4, 0.5) is 0 Å². The topological polar surface area (TPSA) is 55.1 Å². The van der Waals surface area contributed by atoms with Gasteiger partial charge in [0.1, 0.15) is 4.88 Å². The SMILES string of the molecule is Cc1cc(SCc2ccc(C(=O)O)s2)n(C)n1. The lowest BCUT2D eigenvalue weighted by molar-refractivity contribution is 0.0702. The Bertz CT molecular complexity index is 545. The van der Waals surface area contributed by atoms with Crippen LogP contribution in [0.1, 0.15) is 20.2 Å². The first-order chi connectivity index (χ1) is 8.06. The van der Waals surface area contributed by atoms with E-state index in [4.69, 9.17) is 5.11 Å². The van der Waals surface area contributed by atoms with Crippen LogP contribution in [0.25, 0.3) is 0 Å². The largest absolute Gasteiger partial charge is 0.477 e. The molecule has 17 heavy (non-hydrogen) atoms. The molecule has 0 spiro atoms. The molecule has 0 saturated heterocycles. The van der Waals surface area contributed by atoms with Gasteiger partial charge in [0.2, 0.25) is 0 Å². The van der Waals surface area contributed by atoms with Crippen molar-refractivity contribution in [3.63, 3.8) is 0 Å². The summed E-state index contributed by atoms with van der Waals surface area (Å²) in [6.07, 6.45) is 0. The fraction of sp³-hybridized carbons (Fsp3) is 0.273. The van der Waals surface area contributed by atoms with Crippen molar-refractivity contribution < 1.29 is 9.90 Å². The molecule has 0 saturated carbocycles. The maximum absolute atomic E-state index is 10.7. The zero-order chi connectivity index (χ0) is 12.4. The van der Waals surface area contributed by atoms with E-state index in [-0.39, 0.29) is 0 Å². The zero-order valence-electron chi connectivity index (χ0n) is 9.51. The summed E-state index contributed by atoms with van der Waals surface area (Å²) in [7, 11) is 1.91. The quantitative estimate of drug-likeness (QED) is 0.866. The van der Waals surface area contributed by atoms with Crippen LogP contribution in [-0.2, 0) is 12.8 Å². The van der Waals surface area contributed by atoms with Gasteiger partial charge >= 0.3 is 5.97 Å². The van der Waals surface area contributed by atoms with E-state index >= 15 is 0 Å². The van der Waals surface area contributed by atoms with Gasteiger partial charge in [-0.2, -0.15) is 5.10 Å². The van der Waals surface area contributed by atoms with Crippen LogP contribution < -0.4 is 0 Å². The van der Waals surface area contributed by atoms with Gasteiger partial charge in [-0.05, 0) is 25.1 Å². The molecule has 6 heteroatoms. The number of thioether (sulfide) groups is 1. The van der Waals surface area contributed by atoms with Crippen LogP contribution in [0.5, 0.6) is 0 Å². The Labute approximate surface area is 107 Å². The molecule has 2 heterocycles. The monoisotopic (exact) mass is 268 g/mol. The van der Waals surface area contributed by atoms with Gasteiger partial charge in [-0.25, -0.2) is 4.79 Å². The summed E-state index contributed by atoms with van der Waals surface area (Å²) in [5, 5.41) is 14.2. The summed E-state index contributed by atoms with van der Waals surface area (Å²) in [5.74, 6) is -0.0840. The minimum atomic E-state index is -0.859. The molecule has 2 rings (SSSR count). The van der Waals surface area contributed by atoms with Gasteiger partial charge in [0.25, 0.3) is 0 Å². The zero-order valence-corrected chi connectivity index (χ0v) is 11.1. The molecule has 2 aromatic heterocycles. The van der Waals surface area contributed by atoms with E-state index in [2.05, 4.69) is 5.10 Å². The highest BCUT2D eigenvalue weighted by molar-refractivity contribution is 7.98. The van der Waals surface area contributed by atoms with E-state index in [9.17, 15) is 4.79 Å². The van der Waals surface area contributed by atoms with Crippen molar-refractivity contribution in [3.8, 4) is 0 Å². The van der Waals surface area contributed by atoms with Gasteiger partial charge in [0, 0.05) is 17.7 Å². The van der Waals surface area contributed by atoms with Crippen molar-refractivity contribution in [1.29, 1.82) is 0 Å². The number of hydrogen-bond donors (Lipinski definition) is 1. The third-order valence-electron chi connectivity index (χ3n) is 2.19. The summed E-state index contributed by atoms with van der Waals surface area (Å²) < 4.78 is 1.84. The molecule has 90 valence electrons. The van der Waals surface area contributed by atoms with E-state index in [1.165, 1.54) is 11.3 Å². The molecule has 2 aromatic rings. The van der Waals surface area contributed by atoms with E-state index in [1.54, 1.807) is 17.8 Å². The first-order valence-corrected chi connectivity index (χ1v) is 6.82. The first-order valence-electron chi connectivity index (χ1n) is 5.01. The molecule has 0 unspecified atom stereocenters. The van der Waals surface area contributed by atoms with Crippen molar-refractivity contribution >= 4 is 29.1 Å². The highest BCUT2D eigenvalue weighted by Gasteiger charge is 2.08. The minimum Gasteiger partial charge on any atom is -0.477 e. The number of carbonyl (C=O) groups is 1. The van der Waals surface area contributed by atoms with E-state index in [1.807, 2.05) is 30.8 Å². The van der Waals surface area contributed by atoms with Gasteiger partial charge in [0.05, 0.1) is 10.7 Å². The number of rotatable bonds is 4. The van der Waals surface area contributed by atoms with Crippen molar-refractivity contribution in [3.05, 3.63) is 33.6 Å². The number of carboxylic acids is 1. The highest BCUT2D eigenvalue weighted by Crippen LogP contribution is 2.27. The van der Waals surface area contributed by atoms with E-state index in [0.29, 0.717) is 4.88 Å². The van der Waals surface area contributed by atoms with Crippen LogP contribution >= 0.6 is 23.1 Å². The number of aromatic nitrogens is 2. The number of carboxylic acid groups (broad SMARTS) is 1. The number of nitrogens with zero attached hydrogens (tertiary/aromatic N) is 2. The van der Waals surface area contributed by atoms with Crippen molar-refractivity contribution in [2.45, 2.75) is 17.7 Å². The first kappa shape index (κ1) is 12.2. The maximum atomic E-state index is 10.7. The summed E-state index contributed by atoms with van der Waals surface area (Å²) >= 11 is 2.99. The standard InChI is InChI=1S/C11H12N2O2S2/c1-7-5-10(13(2)12-7)16-6-8-3-4-9(17-8)11(14)15/h3-5H,6H2,1-2H3,(H,14,15). The van der Waals surface area contributed by atoms with Gasteiger partial charge in [-0.3, -0.25) is 4.68 Å². The van der Waals surface area contributed by atoms with Gasteiger partial charge in [-0.15, -0.1) is 23.1 Å². The Morgan fingerprint density at radius 2 is 2.35 bits per heavy atom. The maximum Gasteiger partial charge on any atom is 0.345 e. The molecule has 1 N–H and O–H groups in total. The average molecular weight is 268 g/mol. The minimum absolute atomic E-state index is 0.391. The predicted molar refractivity (Wildman–Crippen MR) is 68.8 cm³/mol. The van der Waals surface area contributed by atoms with Crippen LogP contribution in [0, 0.1) is 6.92 Å². The molecular weight excluding hydrogens is 256 g/mol. The molecule has 0 aliphatic heterocycles. The Morgan fingerprint density at radius 1 is 1.59 bits per heavy atom. The van der Waals surface area contributed by atoms with Crippen LogP contribution in [0.2, 0.25) is 0 Å². The number of aromatic carboxylic acids is 1. The molecule has 0 radical (unpaired) electrons. The van der Waals surface area contributed by atoms with Gasteiger partial charge in [-0.1, -0.05) is 0 Å². The van der Waals surface area contributed by atoms with Crippen LogP contribution in [0.15, 0.2) is 23.2 Å². The molecule has 0 amide bonds. The number of hydrogen-bond acceptors (Lipinski definition) is 4. The van der Waals surface area contributed by atoms with Crippen molar-refractivity contribution in [2.75, 3.05) is 0 Å². The Balaban J connectivity index is 2.02. The molecule has 0 bridgehead atoms. The predicted octanol–water partition coefficient (Wildman–Crippen LogP) is 2.78. The fourth-order valence-corrected chi connectivity index (χ4v) is 3.36. The van der Waals surface area contributed by atoms with Gasteiger partial charge < -0.3 is 5.11 Å². The number of thiophene rings is 1. The molecule has 4 nitrogen and oxygen atoms in total. The highest BCUT2D eigenvalue weighted by atomic mass is 32.2. The Hall–Kier alpha value is -1.27. The van der Waals surface area contributed by atoms with E-state index < -0.39 is 5.97 Å². The fourth-order valence-electron chi connectivity index (χ4n) is 1.44. The second kappa shape index (κ2) is 4.93. The smallest absolute Gasteiger partial charge is 0.345 e. The Morgan fingerprint density at radius 3 is 2.88 bits per heavy atom.